The van der Waals surface area contributed by atoms with Crippen LogP contribution in [0.5, 0.6) is 5.75 Å². The Morgan fingerprint density at radius 1 is 1.42 bits per heavy atom. The van der Waals surface area contributed by atoms with Gasteiger partial charge in [-0.05, 0) is 38.0 Å². The summed E-state index contributed by atoms with van der Waals surface area (Å²) in [6.07, 6.45) is 1.51. The first kappa shape index (κ1) is 16.1. The van der Waals surface area contributed by atoms with Crippen LogP contribution in [0, 0.1) is 0 Å². The summed E-state index contributed by atoms with van der Waals surface area (Å²) >= 11 is 5.85. The van der Waals surface area contributed by atoms with Crippen molar-refractivity contribution in [1.29, 1.82) is 0 Å². The van der Waals surface area contributed by atoms with E-state index in [0.29, 0.717) is 23.6 Å². The molecule has 1 unspecified atom stereocenters. The molecule has 0 saturated carbocycles. The molecule has 1 rings (SSSR count). The predicted molar refractivity (Wildman–Crippen MR) is 70.7 cm³/mol. The molecule has 0 bridgehead atoms. The largest absolute Gasteiger partial charge is 0.434 e. The van der Waals surface area contributed by atoms with Crippen LogP contribution < -0.4 is 10.1 Å². The second-order valence-corrected chi connectivity index (χ2v) is 4.71. The number of halogens is 3. The minimum absolute atomic E-state index is 0.126. The highest BCUT2D eigenvalue weighted by molar-refractivity contribution is 6.30. The van der Waals surface area contributed by atoms with E-state index in [0.717, 1.165) is 6.42 Å². The number of hydrogen-bond donors (Lipinski definition) is 2. The van der Waals surface area contributed by atoms with Crippen LogP contribution in [0.15, 0.2) is 18.2 Å². The standard InChI is InChI=1S/C13H18ClF2NO2/c1-9(3-2-6-18)17-8-10-7-11(14)4-5-12(10)19-13(15)16/h4-5,7,9,13,17-18H,2-3,6,8H2,1H3. The van der Waals surface area contributed by atoms with Crippen molar-refractivity contribution in [3.8, 4) is 5.75 Å². The Bertz CT molecular complexity index is 391. The molecule has 1 aromatic rings. The van der Waals surface area contributed by atoms with Crippen LogP contribution in [0.4, 0.5) is 8.78 Å². The Hall–Kier alpha value is -0.910. The van der Waals surface area contributed by atoms with Crippen molar-refractivity contribution in [3.05, 3.63) is 28.8 Å². The summed E-state index contributed by atoms with van der Waals surface area (Å²) in [7, 11) is 0. The highest BCUT2D eigenvalue weighted by Gasteiger charge is 2.11. The van der Waals surface area contributed by atoms with Gasteiger partial charge in [-0.2, -0.15) is 8.78 Å². The van der Waals surface area contributed by atoms with Crippen molar-refractivity contribution in [3.63, 3.8) is 0 Å². The van der Waals surface area contributed by atoms with Gasteiger partial charge in [-0.15, -0.1) is 0 Å². The van der Waals surface area contributed by atoms with Gasteiger partial charge in [0.1, 0.15) is 5.75 Å². The van der Waals surface area contributed by atoms with E-state index in [2.05, 4.69) is 10.1 Å². The van der Waals surface area contributed by atoms with E-state index < -0.39 is 6.61 Å². The summed E-state index contributed by atoms with van der Waals surface area (Å²) in [5.41, 5.74) is 0.587. The van der Waals surface area contributed by atoms with Gasteiger partial charge in [0.25, 0.3) is 0 Å². The molecule has 0 radical (unpaired) electrons. The Labute approximate surface area is 116 Å². The van der Waals surface area contributed by atoms with Crippen molar-refractivity contribution < 1.29 is 18.6 Å². The first-order valence-corrected chi connectivity index (χ1v) is 6.48. The zero-order chi connectivity index (χ0) is 14.3. The summed E-state index contributed by atoms with van der Waals surface area (Å²) in [6.45, 7) is -0.363. The second-order valence-electron chi connectivity index (χ2n) is 4.28. The van der Waals surface area contributed by atoms with Crippen LogP contribution in [0.3, 0.4) is 0 Å². The lowest BCUT2D eigenvalue weighted by Crippen LogP contribution is -2.26. The van der Waals surface area contributed by atoms with Gasteiger partial charge in [0.2, 0.25) is 0 Å². The van der Waals surface area contributed by atoms with Crippen LogP contribution in [-0.2, 0) is 6.54 Å². The normalized spacial score (nSPS) is 12.7. The van der Waals surface area contributed by atoms with Crippen molar-refractivity contribution in [2.45, 2.75) is 39.0 Å². The molecule has 3 nitrogen and oxygen atoms in total. The van der Waals surface area contributed by atoms with Crippen LogP contribution in [0.1, 0.15) is 25.3 Å². The van der Waals surface area contributed by atoms with E-state index in [1.165, 1.54) is 12.1 Å². The average molecular weight is 294 g/mol. The molecular weight excluding hydrogens is 276 g/mol. The number of alkyl halides is 2. The van der Waals surface area contributed by atoms with Crippen molar-refractivity contribution in [2.75, 3.05) is 6.61 Å². The highest BCUT2D eigenvalue weighted by atomic mass is 35.5. The first-order valence-electron chi connectivity index (χ1n) is 6.10. The molecule has 2 N–H and O–H groups in total. The third-order valence-electron chi connectivity index (χ3n) is 2.67. The van der Waals surface area contributed by atoms with Crippen molar-refractivity contribution >= 4 is 11.6 Å². The van der Waals surface area contributed by atoms with Gasteiger partial charge in [0.05, 0.1) is 0 Å². The quantitative estimate of drug-likeness (QED) is 0.773. The predicted octanol–water partition coefficient (Wildman–Crippen LogP) is 3.19. The molecule has 0 fully saturated rings. The van der Waals surface area contributed by atoms with Gasteiger partial charge in [-0.25, -0.2) is 0 Å². The van der Waals surface area contributed by atoms with E-state index in [4.69, 9.17) is 16.7 Å². The number of rotatable bonds is 8. The summed E-state index contributed by atoms with van der Waals surface area (Å²) in [5, 5.41) is 12.4. The zero-order valence-corrected chi connectivity index (χ0v) is 11.5. The van der Waals surface area contributed by atoms with Gasteiger partial charge in [0, 0.05) is 29.8 Å². The number of benzene rings is 1. The molecule has 0 heterocycles. The summed E-state index contributed by atoms with van der Waals surface area (Å²) < 4.78 is 29.0. The molecule has 19 heavy (non-hydrogen) atoms. The van der Waals surface area contributed by atoms with Gasteiger partial charge in [0.15, 0.2) is 0 Å². The molecule has 0 aliphatic carbocycles. The third kappa shape index (κ3) is 6.18. The zero-order valence-electron chi connectivity index (χ0n) is 10.7. The Morgan fingerprint density at radius 2 is 2.16 bits per heavy atom. The third-order valence-corrected chi connectivity index (χ3v) is 2.91. The number of ether oxygens (including phenoxy) is 1. The molecular formula is C13H18ClF2NO2. The minimum atomic E-state index is -2.85. The van der Waals surface area contributed by atoms with E-state index in [1.807, 2.05) is 6.92 Å². The van der Waals surface area contributed by atoms with Gasteiger partial charge < -0.3 is 15.2 Å². The Balaban J connectivity index is 2.62. The molecule has 6 heteroatoms. The lowest BCUT2D eigenvalue weighted by Gasteiger charge is -2.16. The van der Waals surface area contributed by atoms with Crippen LogP contribution in [0.2, 0.25) is 5.02 Å². The molecule has 1 atom stereocenters. The molecule has 108 valence electrons. The van der Waals surface area contributed by atoms with Gasteiger partial charge >= 0.3 is 6.61 Å². The molecule has 0 aliphatic rings. The van der Waals surface area contributed by atoms with Crippen LogP contribution in [0.25, 0.3) is 0 Å². The molecule has 0 saturated heterocycles. The van der Waals surface area contributed by atoms with Gasteiger partial charge in [-0.1, -0.05) is 11.6 Å². The lowest BCUT2D eigenvalue weighted by atomic mass is 10.1. The Morgan fingerprint density at radius 3 is 2.79 bits per heavy atom. The summed E-state index contributed by atoms with van der Waals surface area (Å²) in [6, 6.07) is 4.72. The van der Waals surface area contributed by atoms with Crippen LogP contribution >= 0.6 is 11.6 Å². The minimum Gasteiger partial charge on any atom is -0.434 e. The molecule has 0 spiro atoms. The number of aliphatic hydroxyl groups is 1. The van der Waals surface area contributed by atoms with E-state index in [9.17, 15) is 8.78 Å². The fraction of sp³-hybridized carbons (Fsp3) is 0.538. The highest BCUT2D eigenvalue weighted by Crippen LogP contribution is 2.24. The first-order chi connectivity index (χ1) is 9.02. The molecule has 0 aliphatic heterocycles. The maximum absolute atomic E-state index is 12.3. The average Bonchev–Trinajstić information content (AvgIpc) is 2.36. The van der Waals surface area contributed by atoms with E-state index in [1.54, 1.807) is 6.07 Å². The number of aliphatic hydroxyl groups excluding tert-OH is 1. The van der Waals surface area contributed by atoms with Crippen molar-refractivity contribution in [2.24, 2.45) is 0 Å². The fourth-order valence-corrected chi connectivity index (χ4v) is 1.88. The lowest BCUT2D eigenvalue weighted by molar-refractivity contribution is -0.0505. The summed E-state index contributed by atoms with van der Waals surface area (Å²) in [4.78, 5) is 0. The van der Waals surface area contributed by atoms with E-state index >= 15 is 0 Å². The fourth-order valence-electron chi connectivity index (χ4n) is 1.68. The van der Waals surface area contributed by atoms with Gasteiger partial charge in [-0.3, -0.25) is 0 Å². The molecule has 0 amide bonds. The smallest absolute Gasteiger partial charge is 0.387 e. The monoisotopic (exact) mass is 293 g/mol. The maximum atomic E-state index is 12.3. The number of nitrogens with one attached hydrogen (secondary N) is 1. The molecule has 0 aromatic heterocycles. The summed E-state index contributed by atoms with van der Waals surface area (Å²) in [5.74, 6) is 0.126. The van der Waals surface area contributed by atoms with Crippen LogP contribution in [-0.4, -0.2) is 24.4 Å². The number of hydrogen-bond acceptors (Lipinski definition) is 3. The SMILES string of the molecule is CC(CCCO)NCc1cc(Cl)ccc1OC(F)F. The van der Waals surface area contributed by atoms with Crippen molar-refractivity contribution in [1.82, 2.24) is 5.32 Å². The second kappa shape index (κ2) is 8.30. The maximum Gasteiger partial charge on any atom is 0.387 e. The molecule has 1 aromatic carbocycles. The Kier molecular flexibility index (Phi) is 7.05. The topological polar surface area (TPSA) is 41.5 Å². The van der Waals surface area contributed by atoms with E-state index in [-0.39, 0.29) is 18.4 Å².